The van der Waals surface area contributed by atoms with Gasteiger partial charge in [0.2, 0.25) is 0 Å². The molecule has 0 spiro atoms. The summed E-state index contributed by atoms with van der Waals surface area (Å²) in [6.45, 7) is 5.10. The van der Waals surface area contributed by atoms with Crippen molar-refractivity contribution < 1.29 is 22.7 Å². The van der Waals surface area contributed by atoms with Gasteiger partial charge < -0.3 is 15.0 Å². The lowest BCUT2D eigenvalue weighted by atomic mass is 10.1. The SMILES string of the molecule is CC(=S)NC[C@H]1CN(c2ccc(N3CCN(Cc4c(F)cc(F)cc4F)CC3)nc2)C(=O)O1. The minimum absolute atomic E-state index is 0.0774. The van der Waals surface area contributed by atoms with Gasteiger partial charge in [0, 0.05) is 50.4 Å². The topological polar surface area (TPSA) is 60.9 Å². The van der Waals surface area contributed by atoms with E-state index in [0.717, 1.165) is 5.82 Å². The summed E-state index contributed by atoms with van der Waals surface area (Å²) in [6, 6.07) is 5.06. The Morgan fingerprint density at radius 3 is 2.48 bits per heavy atom. The van der Waals surface area contributed by atoms with Crippen molar-refractivity contribution in [2.45, 2.75) is 19.6 Å². The predicted octanol–water partition coefficient (Wildman–Crippen LogP) is 3.08. The molecule has 1 aromatic carbocycles. The van der Waals surface area contributed by atoms with Gasteiger partial charge in [0.05, 0.1) is 30.0 Å². The van der Waals surface area contributed by atoms with Crippen molar-refractivity contribution in [3.05, 3.63) is 53.5 Å². The number of hydrogen-bond acceptors (Lipinski definition) is 6. The predicted molar refractivity (Wildman–Crippen MR) is 122 cm³/mol. The number of cyclic esters (lactones) is 1. The van der Waals surface area contributed by atoms with Crippen LogP contribution in [0.5, 0.6) is 0 Å². The summed E-state index contributed by atoms with van der Waals surface area (Å²) in [6.07, 6.45) is 0.915. The zero-order valence-electron chi connectivity index (χ0n) is 18.1. The Kier molecular flexibility index (Phi) is 6.99. The molecule has 11 heteroatoms. The van der Waals surface area contributed by atoms with Crippen LogP contribution in [0.2, 0.25) is 0 Å². The van der Waals surface area contributed by atoms with Crippen LogP contribution in [0.1, 0.15) is 12.5 Å². The number of pyridine rings is 1. The summed E-state index contributed by atoms with van der Waals surface area (Å²) in [5.41, 5.74) is 0.519. The minimum atomic E-state index is -0.924. The second-order valence-electron chi connectivity index (χ2n) is 8.04. The highest BCUT2D eigenvalue weighted by molar-refractivity contribution is 7.80. The van der Waals surface area contributed by atoms with Gasteiger partial charge >= 0.3 is 6.09 Å². The van der Waals surface area contributed by atoms with Crippen LogP contribution >= 0.6 is 12.2 Å². The van der Waals surface area contributed by atoms with Gasteiger partial charge in [-0.25, -0.2) is 22.9 Å². The molecule has 2 aliphatic rings. The normalized spacial score (nSPS) is 19.0. The lowest BCUT2D eigenvalue weighted by molar-refractivity contribution is 0.143. The highest BCUT2D eigenvalue weighted by atomic mass is 32.1. The molecule has 0 unspecified atom stereocenters. The second-order valence-corrected chi connectivity index (χ2v) is 8.65. The number of benzene rings is 1. The maximum Gasteiger partial charge on any atom is 0.414 e. The Hall–Kier alpha value is -2.92. The maximum absolute atomic E-state index is 13.9. The van der Waals surface area contributed by atoms with Crippen LogP contribution < -0.4 is 15.1 Å². The number of carbonyl (C=O) groups excluding carboxylic acids is 1. The van der Waals surface area contributed by atoms with Gasteiger partial charge in [-0.3, -0.25) is 9.80 Å². The van der Waals surface area contributed by atoms with E-state index in [1.807, 2.05) is 17.0 Å². The molecule has 0 saturated carbocycles. The van der Waals surface area contributed by atoms with Gasteiger partial charge in [0.1, 0.15) is 29.4 Å². The van der Waals surface area contributed by atoms with Gasteiger partial charge in [-0.1, -0.05) is 12.2 Å². The highest BCUT2D eigenvalue weighted by Crippen LogP contribution is 2.24. The smallest absolute Gasteiger partial charge is 0.414 e. The molecule has 0 aliphatic carbocycles. The Morgan fingerprint density at radius 1 is 1.18 bits per heavy atom. The van der Waals surface area contributed by atoms with Crippen molar-refractivity contribution in [1.29, 1.82) is 0 Å². The number of hydrogen-bond donors (Lipinski definition) is 1. The molecule has 2 aliphatic heterocycles. The van der Waals surface area contributed by atoms with Gasteiger partial charge in [-0.2, -0.15) is 0 Å². The average Bonchev–Trinajstić information content (AvgIpc) is 3.16. The first-order chi connectivity index (χ1) is 15.8. The molecule has 1 atom stereocenters. The number of nitrogens with one attached hydrogen (secondary N) is 1. The number of rotatable bonds is 6. The molecule has 33 heavy (non-hydrogen) atoms. The molecule has 7 nitrogen and oxygen atoms in total. The van der Waals surface area contributed by atoms with Crippen molar-refractivity contribution in [3.63, 3.8) is 0 Å². The van der Waals surface area contributed by atoms with Crippen LogP contribution in [-0.2, 0) is 11.3 Å². The fraction of sp³-hybridized carbons (Fsp3) is 0.409. The number of anilines is 2. The van der Waals surface area contributed by atoms with Crippen molar-refractivity contribution in [2.75, 3.05) is 49.1 Å². The Bertz CT molecular complexity index is 1010. The van der Waals surface area contributed by atoms with Crippen LogP contribution in [0, 0.1) is 17.5 Å². The van der Waals surface area contributed by atoms with Crippen molar-refractivity contribution in [2.24, 2.45) is 0 Å². The van der Waals surface area contributed by atoms with Gasteiger partial charge in [0.25, 0.3) is 0 Å². The first-order valence-electron chi connectivity index (χ1n) is 10.6. The monoisotopic (exact) mass is 479 g/mol. The minimum Gasteiger partial charge on any atom is -0.442 e. The molecule has 4 rings (SSSR count). The molecule has 0 radical (unpaired) electrons. The van der Waals surface area contributed by atoms with Crippen LogP contribution in [0.15, 0.2) is 30.5 Å². The molecule has 1 amide bonds. The first-order valence-corrected chi connectivity index (χ1v) is 11.0. The van der Waals surface area contributed by atoms with E-state index >= 15 is 0 Å². The van der Waals surface area contributed by atoms with Crippen LogP contribution in [0.25, 0.3) is 0 Å². The number of halogens is 3. The summed E-state index contributed by atoms with van der Waals surface area (Å²) in [5.74, 6) is -1.92. The molecule has 1 N–H and O–H groups in total. The zero-order chi connectivity index (χ0) is 23.5. The zero-order valence-corrected chi connectivity index (χ0v) is 18.9. The third-order valence-electron chi connectivity index (χ3n) is 5.68. The summed E-state index contributed by atoms with van der Waals surface area (Å²) >= 11 is 4.98. The standard InChI is InChI=1S/C22H24F3N5O2S/c1-14(33)26-11-17-12-30(22(31)32-17)16-2-3-21(27-10-16)29-6-4-28(5-7-29)13-18-19(24)8-15(23)9-20(18)25/h2-3,8-10,17H,4-7,11-13H2,1H3,(H,26,33)/t17-/m0/s1. The summed E-state index contributed by atoms with van der Waals surface area (Å²) in [5, 5.41) is 3.00. The molecular formula is C22H24F3N5O2S. The van der Waals surface area contributed by atoms with E-state index in [9.17, 15) is 18.0 Å². The molecule has 2 fully saturated rings. The molecule has 2 aromatic rings. The van der Waals surface area contributed by atoms with Crippen LogP contribution in [0.3, 0.4) is 0 Å². The van der Waals surface area contributed by atoms with E-state index in [1.165, 1.54) is 4.90 Å². The third kappa shape index (κ3) is 5.53. The molecule has 0 bridgehead atoms. The van der Waals surface area contributed by atoms with E-state index < -0.39 is 23.5 Å². The molecule has 2 saturated heterocycles. The first kappa shape index (κ1) is 23.2. The molecule has 1 aromatic heterocycles. The van der Waals surface area contributed by atoms with E-state index in [4.69, 9.17) is 17.0 Å². The summed E-state index contributed by atoms with van der Waals surface area (Å²) in [4.78, 5) is 22.8. The van der Waals surface area contributed by atoms with Gasteiger partial charge in [-0.15, -0.1) is 0 Å². The van der Waals surface area contributed by atoms with Crippen molar-refractivity contribution >= 4 is 34.8 Å². The van der Waals surface area contributed by atoms with E-state index in [-0.39, 0.29) is 18.2 Å². The molecule has 3 heterocycles. The lowest BCUT2D eigenvalue weighted by Crippen LogP contribution is -2.46. The third-order valence-corrected chi connectivity index (χ3v) is 5.82. The Labute approximate surface area is 195 Å². The van der Waals surface area contributed by atoms with Gasteiger partial charge in [0.15, 0.2) is 0 Å². The Balaban J connectivity index is 1.32. The number of piperazine rings is 1. The maximum atomic E-state index is 13.9. The number of nitrogens with zero attached hydrogens (tertiary/aromatic N) is 4. The summed E-state index contributed by atoms with van der Waals surface area (Å²) < 4.78 is 46.3. The number of amides is 1. The molecular weight excluding hydrogens is 455 g/mol. The van der Waals surface area contributed by atoms with Crippen LogP contribution in [-0.4, -0.2) is 66.3 Å². The average molecular weight is 480 g/mol. The number of aromatic nitrogens is 1. The Morgan fingerprint density at radius 2 is 1.88 bits per heavy atom. The van der Waals surface area contributed by atoms with Crippen LogP contribution in [0.4, 0.5) is 29.5 Å². The largest absolute Gasteiger partial charge is 0.442 e. The van der Waals surface area contributed by atoms with E-state index in [1.54, 1.807) is 13.1 Å². The molecule has 176 valence electrons. The number of carbonyl (C=O) groups is 1. The second kappa shape index (κ2) is 9.92. The van der Waals surface area contributed by atoms with Crippen molar-refractivity contribution in [1.82, 2.24) is 15.2 Å². The fourth-order valence-corrected chi connectivity index (χ4v) is 3.99. The number of thiocarbonyl (C=S) groups is 1. The lowest BCUT2D eigenvalue weighted by Gasteiger charge is -2.35. The summed E-state index contributed by atoms with van der Waals surface area (Å²) in [7, 11) is 0. The number of ether oxygens (including phenoxy) is 1. The van der Waals surface area contributed by atoms with Gasteiger partial charge in [-0.05, 0) is 19.1 Å². The highest BCUT2D eigenvalue weighted by Gasteiger charge is 2.32. The van der Waals surface area contributed by atoms with E-state index in [2.05, 4.69) is 15.2 Å². The van der Waals surface area contributed by atoms with E-state index in [0.29, 0.717) is 62.1 Å². The van der Waals surface area contributed by atoms with Crippen molar-refractivity contribution in [3.8, 4) is 0 Å². The quantitative estimate of drug-likeness (QED) is 0.639. The fourth-order valence-electron chi connectivity index (χ4n) is 3.90.